The maximum Gasteiger partial charge on any atom is 0.129 e. The van der Waals surface area contributed by atoms with E-state index in [2.05, 4.69) is 12.1 Å². The van der Waals surface area contributed by atoms with Crippen molar-refractivity contribution in [1.29, 1.82) is 0 Å². The van der Waals surface area contributed by atoms with Crippen molar-refractivity contribution < 1.29 is 14.3 Å². The van der Waals surface area contributed by atoms with E-state index in [0.29, 0.717) is 13.0 Å². The zero-order valence-electron chi connectivity index (χ0n) is 11.3. The minimum atomic E-state index is 0.248. The van der Waals surface area contributed by atoms with Gasteiger partial charge in [0.05, 0.1) is 13.2 Å². The number of unbranched alkanes of at least 4 members (excludes halogenated alkanes) is 1. The molecule has 100 valence electrons. The molecule has 3 heteroatoms. The summed E-state index contributed by atoms with van der Waals surface area (Å²) in [6.45, 7) is 3.04. The lowest BCUT2D eigenvalue weighted by atomic mass is 10.1. The van der Waals surface area contributed by atoms with E-state index in [1.807, 2.05) is 12.1 Å². The monoisotopic (exact) mass is 250 g/mol. The van der Waals surface area contributed by atoms with Crippen molar-refractivity contribution in [1.82, 2.24) is 0 Å². The average Bonchev–Trinajstić information content (AvgIpc) is 2.37. The molecule has 1 aromatic carbocycles. The third-order valence-corrected chi connectivity index (χ3v) is 2.71. The summed E-state index contributed by atoms with van der Waals surface area (Å²) in [6.07, 6.45) is 3.40. The largest absolute Gasteiger partial charge is 0.494 e. The van der Waals surface area contributed by atoms with Crippen LogP contribution >= 0.6 is 0 Å². The predicted molar refractivity (Wildman–Crippen MR) is 72.0 cm³/mol. The van der Waals surface area contributed by atoms with Crippen LogP contribution in [-0.2, 0) is 16.0 Å². The van der Waals surface area contributed by atoms with Crippen molar-refractivity contribution >= 4 is 5.78 Å². The van der Waals surface area contributed by atoms with Crippen LogP contribution in [0.25, 0.3) is 0 Å². The van der Waals surface area contributed by atoms with E-state index in [-0.39, 0.29) is 5.78 Å². The van der Waals surface area contributed by atoms with Gasteiger partial charge in [-0.1, -0.05) is 12.1 Å². The van der Waals surface area contributed by atoms with E-state index in [1.165, 1.54) is 5.56 Å². The summed E-state index contributed by atoms with van der Waals surface area (Å²) >= 11 is 0. The van der Waals surface area contributed by atoms with Gasteiger partial charge in [0.25, 0.3) is 0 Å². The average molecular weight is 250 g/mol. The molecule has 0 aromatic heterocycles. The van der Waals surface area contributed by atoms with Gasteiger partial charge in [-0.25, -0.2) is 0 Å². The normalized spacial score (nSPS) is 10.3. The van der Waals surface area contributed by atoms with Crippen LogP contribution in [0.15, 0.2) is 24.3 Å². The second kappa shape index (κ2) is 8.70. The Bertz CT molecular complexity index is 343. The lowest BCUT2D eigenvalue weighted by molar-refractivity contribution is -0.117. The minimum Gasteiger partial charge on any atom is -0.494 e. The molecule has 0 aliphatic carbocycles. The molecule has 1 rings (SSSR count). The van der Waals surface area contributed by atoms with Gasteiger partial charge in [0.15, 0.2) is 0 Å². The Hall–Kier alpha value is -1.35. The number of hydrogen-bond donors (Lipinski definition) is 0. The molecular formula is C15H22O3. The second-order valence-electron chi connectivity index (χ2n) is 4.39. The van der Waals surface area contributed by atoms with E-state index in [1.54, 1.807) is 14.0 Å². The molecule has 0 bridgehead atoms. The lowest BCUT2D eigenvalue weighted by Crippen LogP contribution is -1.99. The number of Topliss-reactive ketones (excluding diaryl/α,β-unsaturated/α-hetero) is 1. The number of methoxy groups -OCH3 is 1. The molecule has 0 atom stereocenters. The summed E-state index contributed by atoms with van der Waals surface area (Å²) in [4.78, 5) is 10.7. The zero-order chi connectivity index (χ0) is 13.2. The molecule has 1 aromatic rings. The van der Waals surface area contributed by atoms with Gasteiger partial charge < -0.3 is 14.3 Å². The second-order valence-corrected chi connectivity index (χ2v) is 4.39. The first-order valence-corrected chi connectivity index (χ1v) is 6.42. The van der Waals surface area contributed by atoms with E-state index in [4.69, 9.17) is 9.47 Å². The Labute approximate surface area is 109 Å². The van der Waals surface area contributed by atoms with E-state index in [9.17, 15) is 4.79 Å². The number of ketones is 1. The van der Waals surface area contributed by atoms with Gasteiger partial charge >= 0.3 is 0 Å². The number of hydrogen-bond acceptors (Lipinski definition) is 3. The van der Waals surface area contributed by atoms with Crippen LogP contribution in [0.2, 0.25) is 0 Å². The number of ether oxygens (including phenoxy) is 2. The summed E-state index contributed by atoms with van der Waals surface area (Å²) in [5.74, 6) is 1.14. The van der Waals surface area contributed by atoms with Gasteiger partial charge in [-0.05, 0) is 43.9 Å². The first-order chi connectivity index (χ1) is 8.72. The van der Waals surface area contributed by atoms with E-state index in [0.717, 1.165) is 31.6 Å². The fraction of sp³-hybridized carbons (Fsp3) is 0.533. The fourth-order valence-electron chi connectivity index (χ4n) is 1.64. The maximum atomic E-state index is 10.7. The van der Waals surface area contributed by atoms with Crippen molar-refractivity contribution in [2.75, 3.05) is 20.3 Å². The molecule has 0 amide bonds. The molecule has 0 radical (unpaired) electrons. The third kappa shape index (κ3) is 6.40. The molecule has 0 aliphatic heterocycles. The van der Waals surface area contributed by atoms with Crippen LogP contribution in [0.3, 0.4) is 0 Å². The van der Waals surface area contributed by atoms with Crippen LogP contribution in [0.1, 0.15) is 31.7 Å². The van der Waals surface area contributed by atoms with Gasteiger partial charge in [-0.3, -0.25) is 0 Å². The molecule has 0 unspecified atom stereocenters. The van der Waals surface area contributed by atoms with E-state index < -0.39 is 0 Å². The maximum absolute atomic E-state index is 10.7. The van der Waals surface area contributed by atoms with Crippen LogP contribution in [0.4, 0.5) is 0 Å². The first-order valence-electron chi connectivity index (χ1n) is 6.42. The molecule has 18 heavy (non-hydrogen) atoms. The number of benzene rings is 1. The molecule has 0 heterocycles. The molecule has 0 saturated carbocycles. The van der Waals surface area contributed by atoms with Crippen molar-refractivity contribution in [3.05, 3.63) is 29.8 Å². The first kappa shape index (κ1) is 14.7. The fourth-order valence-corrected chi connectivity index (χ4v) is 1.64. The molecular weight excluding hydrogens is 228 g/mol. The smallest absolute Gasteiger partial charge is 0.129 e. The Morgan fingerprint density at radius 3 is 2.44 bits per heavy atom. The van der Waals surface area contributed by atoms with E-state index >= 15 is 0 Å². The zero-order valence-corrected chi connectivity index (χ0v) is 11.3. The van der Waals surface area contributed by atoms with Gasteiger partial charge in [0.1, 0.15) is 11.5 Å². The lowest BCUT2D eigenvalue weighted by Gasteiger charge is -2.07. The van der Waals surface area contributed by atoms with Crippen molar-refractivity contribution in [3.63, 3.8) is 0 Å². The topological polar surface area (TPSA) is 35.5 Å². The molecule has 0 fully saturated rings. The summed E-state index contributed by atoms with van der Waals surface area (Å²) in [7, 11) is 1.71. The van der Waals surface area contributed by atoms with Gasteiger partial charge in [0.2, 0.25) is 0 Å². The van der Waals surface area contributed by atoms with Crippen molar-refractivity contribution in [2.24, 2.45) is 0 Å². The van der Waals surface area contributed by atoms with Crippen LogP contribution in [-0.4, -0.2) is 26.1 Å². The minimum absolute atomic E-state index is 0.248. The van der Waals surface area contributed by atoms with Crippen LogP contribution < -0.4 is 4.74 Å². The van der Waals surface area contributed by atoms with Gasteiger partial charge in [-0.15, -0.1) is 0 Å². The molecule has 0 saturated heterocycles. The summed E-state index contributed by atoms with van der Waals surface area (Å²) in [5.41, 5.74) is 1.25. The Morgan fingerprint density at radius 1 is 1.11 bits per heavy atom. The summed E-state index contributed by atoms with van der Waals surface area (Å²) < 4.78 is 10.6. The van der Waals surface area contributed by atoms with Crippen LogP contribution in [0.5, 0.6) is 5.75 Å². The number of carbonyl (C=O) groups is 1. The Balaban J connectivity index is 2.20. The molecule has 3 nitrogen and oxygen atoms in total. The molecule has 0 N–H and O–H groups in total. The highest BCUT2D eigenvalue weighted by molar-refractivity contribution is 5.75. The SMILES string of the molecule is COCCc1ccc(OCCCCC(C)=O)cc1. The third-order valence-electron chi connectivity index (χ3n) is 2.71. The van der Waals surface area contributed by atoms with Gasteiger partial charge in [0, 0.05) is 13.5 Å². The quantitative estimate of drug-likeness (QED) is 0.632. The van der Waals surface area contributed by atoms with Crippen molar-refractivity contribution in [3.8, 4) is 5.75 Å². The van der Waals surface area contributed by atoms with Gasteiger partial charge in [-0.2, -0.15) is 0 Å². The number of carbonyl (C=O) groups excluding carboxylic acids is 1. The predicted octanol–water partition coefficient (Wildman–Crippen LogP) is 3.01. The Morgan fingerprint density at radius 2 is 1.83 bits per heavy atom. The summed E-state index contributed by atoms with van der Waals surface area (Å²) in [6, 6.07) is 8.08. The Kier molecular flexibility index (Phi) is 7.11. The van der Waals surface area contributed by atoms with Crippen LogP contribution in [0, 0.1) is 0 Å². The summed E-state index contributed by atoms with van der Waals surface area (Å²) in [5, 5.41) is 0. The highest BCUT2D eigenvalue weighted by atomic mass is 16.5. The highest BCUT2D eigenvalue weighted by Gasteiger charge is 1.97. The highest BCUT2D eigenvalue weighted by Crippen LogP contribution is 2.13. The molecule has 0 aliphatic rings. The molecule has 0 spiro atoms. The number of rotatable bonds is 9. The standard InChI is InChI=1S/C15H22O3/c1-13(16)5-3-4-11-18-15-8-6-14(7-9-15)10-12-17-2/h6-9H,3-5,10-12H2,1-2H3. The van der Waals surface area contributed by atoms with Crippen molar-refractivity contribution in [2.45, 2.75) is 32.6 Å².